The molecule has 3 rings (SSSR count). The van der Waals surface area contributed by atoms with Gasteiger partial charge in [0.2, 0.25) is 0 Å². The fraction of sp³-hybridized carbons (Fsp3) is 0.471. The second-order valence-electron chi connectivity index (χ2n) is 6.34. The zero-order chi connectivity index (χ0) is 21.0. The third-order valence-electron chi connectivity index (χ3n) is 4.32. The van der Waals surface area contributed by atoms with Crippen LogP contribution in [0.25, 0.3) is 11.2 Å². The van der Waals surface area contributed by atoms with Gasteiger partial charge in [0, 0.05) is 12.4 Å². The molecule has 158 valence electrons. The van der Waals surface area contributed by atoms with E-state index in [1.165, 1.54) is 4.57 Å². The molecule has 2 aromatic rings. The van der Waals surface area contributed by atoms with Gasteiger partial charge in [0.15, 0.2) is 11.5 Å². The number of fused-ring (bicyclic) bond motifs is 1. The van der Waals surface area contributed by atoms with Gasteiger partial charge in [-0.15, -0.1) is 0 Å². The lowest BCUT2D eigenvalue weighted by atomic mass is 10.1. The Morgan fingerprint density at radius 1 is 1.38 bits per heavy atom. The number of H-pyrrole nitrogens is 1. The van der Waals surface area contributed by atoms with Gasteiger partial charge in [-0.1, -0.05) is 6.08 Å². The minimum Gasteiger partial charge on any atom is -0.461 e. The topological polar surface area (TPSA) is 155 Å². The summed E-state index contributed by atoms with van der Waals surface area (Å²) in [5, 5.41) is 0.322. The summed E-state index contributed by atoms with van der Waals surface area (Å²) < 4.78 is 29.0. The molecule has 2 heterocycles. The molecule has 1 aliphatic rings. The van der Waals surface area contributed by atoms with Crippen LogP contribution in [0.2, 0.25) is 0 Å². The first-order chi connectivity index (χ1) is 13.9. The Labute approximate surface area is 166 Å². The molecule has 0 saturated heterocycles. The number of imidazole rings is 1. The van der Waals surface area contributed by atoms with Crippen molar-refractivity contribution in [3.05, 3.63) is 33.5 Å². The minimum absolute atomic E-state index is 0.0323. The molecule has 12 heteroatoms. The Bertz CT molecular complexity index is 1060. The van der Waals surface area contributed by atoms with Crippen LogP contribution in [-0.2, 0) is 20.4 Å². The molecule has 1 aliphatic carbocycles. The van der Waals surface area contributed by atoms with Gasteiger partial charge < -0.3 is 29.6 Å². The quantitative estimate of drug-likeness (QED) is 0.401. The Morgan fingerprint density at radius 3 is 2.90 bits per heavy atom. The van der Waals surface area contributed by atoms with Gasteiger partial charge in [-0.2, -0.15) is 9.97 Å². The lowest BCUT2D eigenvalue weighted by Crippen LogP contribution is -2.18. The van der Waals surface area contributed by atoms with Crippen LogP contribution in [0.4, 0.5) is 5.82 Å². The zero-order valence-corrected chi connectivity index (χ0v) is 17.1. The Morgan fingerprint density at radius 2 is 2.17 bits per heavy atom. The number of anilines is 1. The van der Waals surface area contributed by atoms with E-state index >= 15 is 0 Å². The van der Waals surface area contributed by atoms with Crippen molar-refractivity contribution in [2.75, 3.05) is 32.7 Å². The molecule has 0 fully saturated rings. The molecule has 0 bridgehead atoms. The van der Waals surface area contributed by atoms with Gasteiger partial charge in [-0.05, 0) is 31.4 Å². The fourth-order valence-corrected chi connectivity index (χ4v) is 4.24. The third kappa shape index (κ3) is 4.76. The maximum absolute atomic E-state index is 12.5. The van der Waals surface area contributed by atoms with Crippen LogP contribution in [0.1, 0.15) is 19.8 Å². The van der Waals surface area contributed by atoms with Crippen molar-refractivity contribution >= 4 is 24.6 Å². The highest BCUT2D eigenvalue weighted by molar-refractivity contribution is 7.57. The zero-order valence-electron chi connectivity index (χ0n) is 16.3. The molecule has 4 N–H and O–H groups in total. The van der Waals surface area contributed by atoms with Crippen LogP contribution in [-0.4, -0.2) is 51.3 Å². The first-order valence-electron chi connectivity index (χ1n) is 9.11. The summed E-state index contributed by atoms with van der Waals surface area (Å²) in [7, 11) is -2.30. The van der Waals surface area contributed by atoms with Crippen LogP contribution in [0.15, 0.2) is 27.8 Å². The largest absolute Gasteiger partial charge is 0.461 e. The number of allylic oxidation sites excluding steroid dienone is 4. The Balaban J connectivity index is 1.92. The summed E-state index contributed by atoms with van der Waals surface area (Å²) in [6, 6.07) is 0.0323. The Kier molecular flexibility index (Phi) is 6.53. The summed E-state index contributed by atoms with van der Waals surface area (Å²) >= 11 is 0. The van der Waals surface area contributed by atoms with E-state index in [1.807, 2.05) is 6.08 Å². The van der Waals surface area contributed by atoms with Crippen molar-refractivity contribution in [2.24, 2.45) is 0 Å². The molecule has 0 spiro atoms. The molecule has 0 saturated carbocycles. The smallest absolute Gasteiger partial charge is 0.354 e. The van der Waals surface area contributed by atoms with Crippen LogP contribution in [0.5, 0.6) is 6.01 Å². The predicted molar refractivity (Wildman–Crippen MR) is 107 cm³/mol. The van der Waals surface area contributed by atoms with Gasteiger partial charge in [0.25, 0.3) is 0 Å². The summed E-state index contributed by atoms with van der Waals surface area (Å²) in [6.07, 6.45) is 4.50. The molecular weight excluding hydrogens is 401 g/mol. The average molecular weight is 425 g/mol. The second kappa shape index (κ2) is 8.91. The first kappa shape index (κ1) is 21.3. The van der Waals surface area contributed by atoms with E-state index < -0.39 is 13.3 Å². The van der Waals surface area contributed by atoms with E-state index in [1.54, 1.807) is 20.1 Å². The van der Waals surface area contributed by atoms with E-state index in [-0.39, 0.29) is 37.2 Å². The molecule has 1 unspecified atom stereocenters. The highest BCUT2D eigenvalue weighted by Crippen LogP contribution is 2.53. The fourth-order valence-electron chi connectivity index (χ4n) is 2.98. The van der Waals surface area contributed by atoms with Crippen molar-refractivity contribution in [1.82, 2.24) is 19.5 Å². The number of ether oxygens (including phenoxy) is 2. The summed E-state index contributed by atoms with van der Waals surface area (Å²) in [4.78, 5) is 33.5. The van der Waals surface area contributed by atoms with Crippen LogP contribution >= 0.6 is 7.60 Å². The van der Waals surface area contributed by atoms with Crippen molar-refractivity contribution in [3.63, 3.8) is 0 Å². The van der Waals surface area contributed by atoms with Crippen LogP contribution in [0, 0.1) is 0 Å². The van der Waals surface area contributed by atoms with Crippen LogP contribution < -0.4 is 16.2 Å². The molecule has 1 atom stereocenters. The van der Waals surface area contributed by atoms with Gasteiger partial charge in [-0.3, -0.25) is 9.13 Å². The standard InChI is InChI=1S/C17H24N5O6P/c1-3-28-29(24,25)12-6-4-5-11(9-12)10-22-15-13(19-17(22)23)14(18)20-16(21-15)27-8-7-26-2/h5,9H,3-4,6-8,10H2,1-2H3,(H,19,23)(H,24,25)(H2,18,20,21). The highest BCUT2D eigenvalue weighted by Gasteiger charge is 2.27. The molecule has 11 nitrogen and oxygen atoms in total. The number of aromatic nitrogens is 4. The van der Waals surface area contributed by atoms with Crippen LogP contribution in [0.3, 0.4) is 0 Å². The van der Waals surface area contributed by atoms with Crippen molar-refractivity contribution < 1.29 is 23.5 Å². The number of aromatic amines is 1. The maximum atomic E-state index is 12.5. The lowest BCUT2D eigenvalue weighted by Gasteiger charge is -2.18. The highest BCUT2D eigenvalue weighted by atomic mass is 31.2. The van der Waals surface area contributed by atoms with Gasteiger partial charge in [-0.25, -0.2) is 4.79 Å². The monoisotopic (exact) mass is 425 g/mol. The number of methoxy groups -OCH3 is 1. The average Bonchev–Trinajstić information content (AvgIpc) is 2.99. The third-order valence-corrected chi connectivity index (χ3v) is 6.00. The van der Waals surface area contributed by atoms with Gasteiger partial charge >= 0.3 is 19.3 Å². The molecule has 0 amide bonds. The number of nitrogen functional groups attached to an aromatic ring is 1. The second-order valence-corrected chi connectivity index (χ2v) is 8.21. The maximum Gasteiger partial charge on any atom is 0.354 e. The SMILES string of the molecule is CCOP(=O)(O)C1=CC(Cn2c(=O)[nH]c3c(N)nc(OCCOC)nc32)=CCC1. The van der Waals surface area contributed by atoms with E-state index in [0.29, 0.717) is 35.9 Å². The first-order valence-corrected chi connectivity index (χ1v) is 10.7. The number of nitrogens with two attached hydrogens (primary N) is 1. The molecule has 0 radical (unpaired) electrons. The molecule has 0 aliphatic heterocycles. The molecule has 29 heavy (non-hydrogen) atoms. The number of nitrogens with one attached hydrogen (secondary N) is 1. The number of hydrogen-bond acceptors (Lipinski definition) is 8. The van der Waals surface area contributed by atoms with E-state index in [0.717, 1.165) is 0 Å². The number of nitrogens with zero attached hydrogens (tertiary/aromatic N) is 3. The molecular formula is C17H24N5O6P. The summed E-state index contributed by atoms with van der Waals surface area (Å²) in [5.74, 6) is 0.0864. The number of hydrogen-bond donors (Lipinski definition) is 3. The molecule has 2 aromatic heterocycles. The summed E-state index contributed by atoms with van der Waals surface area (Å²) in [5.41, 5.74) is 6.79. The van der Waals surface area contributed by atoms with E-state index in [9.17, 15) is 14.3 Å². The predicted octanol–water partition coefficient (Wildman–Crippen LogP) is 1.55. The normalized spacial score (nSPS) is 16.4. The van der Waals surface area contributed by atoms with Gasteiger partial charge in [0.05, 0.1) is 19.8 Å². The number of rotatable bonds is 9. The van der Waals surface area contributed by atoms with E-state index in [2.05, 4.69) is 15.0 Å². The van der Waals surface area contributed by atoms with Crippen molar-refractivity contribution in [2.45, 2.75) is 26.3 Å². The van der Waals surface area contributed by atoms with Gasteiger partial charge in [0.1, 0.15) is 12.1 Å². The van der Waals surface area contributed by atoms with E-state index in [4.69, 9.17) is 19.7 Å². The van der Waals surface area contributed by atoms with Crippen molar-refractivity contribution in [3.8, 4) is 6.01 Å². The molecule has 0 aromatic carbocycles. The Hall–Kier alpha value is -2.46. The minimum atomic E-state index is -3.84. The van der Waals surface area contributed by atoms with Crippen molar-refractivity contribution in [1.29, 1.82) is 0 Å². The summed E-state index contributed by atoms with van der Waals surface area (Å²) in [6.45, 7) is 2.51. The lowest BCUT2D eigenvalue weighted by molar-refractivity contribution is 0.141.